The summed E-state index contributed by atoms with van der Waals surface area (Å²) in [6.07, 6.45) is 4.47. The van der Waals surface area contributed by atoms with Crippen molar-refractivity contribution in [3.63, 3.8) is 0 Å². The van der Waals surface area contributed by atoms with Crippen LogP contribution in [0.25, 0.3) is 0 Å². The molecular formula is C11H16N2O3S. The first-order chi connectivity index (χ1) is 8.07. The second-order valence-electron chi connectivity index (χ2n) is 5.01. The zero-order valence-electron chi connectivity index (χ0n) is 9.61. The third kappa shape index (κ3) is 1.84. The molecule has 1 aliphatic heterocycles. The predicted octanol–water partition coefficient (Wildman–Crippen LogP) is 0.415. The van der Waals surface area contributed by atoms with Gasteiger partial charge in [-0.05, 0) is 32.1 Å². The van der Waals surface area contributed by atoms with Gasteiger partial charge < -0.3 is 0 Å². The number of nitrogens with zero attached hydrogens (tertiary/aromatic N) is 1. The minimum atomic E-state index is -2.94. The van der Waals surface area contributed by atoms with Gasteiger partial charge in [-0.3, -0.25) is 9.89 Å². The van der Waals surface area contributed by atoms with Gasteiger partial charge in [0.1, 0.15) is 0 Å². The van der Waals surface area contributed by atoms with Crippen molar-refractivity contribution in [3.8, 4) is 0 Å². The minimum Gasteiger partial charge on any atom is -0.299 e. The summed E-state index contributed by atoms with van der Waals surface area (Å²) in [7, 11) is -2.94. The fourth-order valence-corrected chi connectivity index (χ4v) is 4.54. The Balaban J connectivity index is 1.99. The van der Waals surface area contributed by atoms with E-state index >= 15 is 0 Å². The Morgan fingerprint density at radius 2 is 2.00 bits per heavy atom. The summed E-state index contributed by atoms with van der Waals surface area (Å²) in [4.78, 5) is 12.1. The molecule has 0 unspecified atom stereocenters. The molecule has 17 heavy (non-hydrogen) atoms. The fraction of sp³-hybridized carbons (Fsp3) is 0.727. The van der Waals surface area contributed by atoms with Crippen molar-refractivity contribution in [2.75, 3.05) is 11.5 Å². The van der Waals surface area contributed by atoms with Gasteiger partial charge in [0, 0.05) is 11.3 Å². The monoisotopic (exact) mass is 256 g/mol. The molecule has 94 valence electrons. The van der Waals surface area contributed by atoms with E-state index in [1.165, 1.54) is 0 Å². The first-order valence-corrected chi connectivity index (χ1v) is 7.92. The van der Waals surface area contributed by atoms with E-state index < -0.39 is 9.84 Å². The Hall–Kier alpha value is -1.04. The molecule has 1 aliphatic carbocycles. The third-order valence-corrected chi connectivity index (χ3v) is 5.52. The van der Waals surface area contributed by atoms with Crippen LogP contribution in [0.2, 0.25) is 0 Å². The molecule has 1 atom stereocenters. The van der Waals surface area contributed by atoms with Crippen LogP contribution in [0.4, 0.5) is 0 Å². The summed E-state index contributed by atoms with van der Waals surface area (Å²) < 4.78 is 24.4. The predicted molar refractivity (Wildman–Crippen MR) is 64.0 cm³/mol. The van der Waals surface area contributed by atoms with E-state index in [9.17, 15) is 13.2 Å². The van der Waals surface area contributed by atoms with Crippen LogP contribution in [-0.4, -0.2) is 29.7 Å². The number of hydrogen-bond acceptors (Lipinski definition) is 3. The smallest absolute Gasteiger partial charge is 0.270 e. The van der Waals surface area contributed by atoms with Crippen molar-refractivity contribution < 1.29 is 8.42 Å². The van der Waals surface area contributed by atoms with Crippen molar-refractivity contribution >= 4 is 9.84 Å². The van der Waals surface area contributed by atoms with Crippen LogP contribution in [0.15, 0.2) is 4.79 Å². The van der Waals surface area contributed by atoms with E-state index in [0.29, 0.717) is 6.42 Å². The standard InChI is InChI=1S/C11H16N2O3S/c14-11-9-3-1-2-4-10(9)12-13(11)8-5-6-17(15,16)7-8/h8,12H,1-7H2/t8-/m0/s1. The number of aryl methyl sites for hydroxylation is 1. The third-order valence-electron chi connectivity index (χ3n) is 3.77. The quantitative estimate of drug-likeness (QED) is 0.791. The van der Waals surface area contributed by atoms with Gasteiger partial charge in [0.05, 0.1) is 17.5 Å². The van der Waals surface area contributed by atoms with E-state index in [1.54, 1.807) is 4.68 Å². The van der Waals surface area contributed by atoms with Crippen LogP contribution >= 0.6 is 0 Å². The van der Waals surface area contributed by atoms with Crippen molar-refractivity contribution in [3.05, 3.63) is 21.6 Å². The molecule has 6 heteroatoms. The Kier molecular flexibility index (Phi) is 2.43. The average Bonchev–Trinajstić information content (AvgIpc) is 2.81. The second-order valence-corrected chi connectivity index (χ2v) is 7.24. The van der Waals surface area contributed by atoms with Crippen molar-refractivity contribution in [1.82, 2.24) is 9.78 Å². The average molecular weight is 256 g/mol. The van der Waals surface area contributed by atoms with E-state index in [1.807, 2.05) is 0 Å². The zero-order chi connectivity index (χ0) is 12.0. The van der Waals surface area contributed by atoms with Gasteiger partial charge in [0.25, 0.3) is 5.56 Å². The molecular weight excluding hydrogens is 240 g/mol. The highest BCUT2D eigenvalue weighted by Crippen LogP contribution is 2.24. The van der Waals surface area contributed by atoms with Gasteiger partial charge in [0.15, 0.2) is 9.84 Å². The molecule has 0 radical (unpaired) electrons. The molecule has 0 aromatic carbocycles. The number of H-pyrrole nitrogens is 1. The zero-order valence-corrected chi connectivity index (χ0v) is 10.4. The molecule has 0 amide bonds. The molecule has 2 heterocycles. The van der Waals surface area contributed by atoms with E-state index in [0.717, 1.165) is 36.9 Å². The number of sulfone groups is 1. The second kappa shape index (κ2) is 3.73. The molecule has 1 aromatic heterocycles. The minimum absolute atomic E-state index is 0.00167. The van der Waals surface area contributed by atoms with Crippen molar-refractivity contribution in [2.45, 2.75) is 38.1 Å². The molecule has 5 nitrogen and oxygen atoms in total. The molecule has 1 saturated heterocycles. The van der Waals surface area contributed by atoms with Gasteiger partial charge in [-0.1, -0.05) is 0 Å². The molecule has 1 fully saturated rings. The molecule has 1 aromatic rings. The van der Waals surface area contributed by atoms with Crippen LogP contribution in [0, 0.1) is 0 Å². The Morgan fingerprint density at radius 3 is 2.65 bits per heavy atom. The molecule has 0 spiro atoms. The number of rotatable bonds is 1. The van der Waals surface area contributed by atoms with Gasteiger partial charge in [-0.25, -0.2) is 13.1 Å². The van der Waals surface area contributed by atoms with Gasteiger partial charge in [0.2, 0.25) is 0 Å². The summed E-state index contributed by atoms with van der Waals surface area (Å²) in [6.45, 7) is 0. The Bertz CT molecular complexity index is 597. The highest BCUT2D eigenvalue weighted by molar-refractivity contribution is 7.91. The van der Waals surface area contributed by atoms with Crippen LogP contribution in [0.1, 0.15) is 36.6 Å². The lowest BCUT2D eigenvalue weighted by atomic mass is 9.98. The number of aromatic nitrogens is 2. The molecule has 1 N–H and O–H groups in total. The van der Waals surface area contributed by atoms with Crippen LogP contribution in [0.3, 0.4) is 0 Å². The van der Waals surface area contributed by atoms with E-state index in [2.05, 4.69) is 5.10 Å². The highest BCUT2D eigenvalue weighted by Gasteiger charge is 2.32. The maximum atomic E-state index is 12.1. The summed E-state index contributed by atoms with van der Waals surface area (Å²) in [5, 5.41) is 3.12. The molecule has 0 bridgehead atoms. The molecule has 0 saturated carbocycles. The van der Waals surface area contributed by atoms with Crippen LogP contribution in [-0.2, 0) is 22.7 Å². The summed E-state index contributed by atoms with van der Waals surface area (Å²) in [5.74, 6) is 0.306. The van der Waals surface area contributed by atoms with Gasteiger partial charge >= 0.3 is 0 Å². The van der Waals surface area contributed by atoms with Crippen molar-refractivity contribution in [2.24, 2.45) is 0 Å². The van der Waals surface area contributed by atoms with E-state index in [4.69, 9.17) is 0 Å². The Morgan fingerprint density at radius 1 is 1.24 bits per heavy atom. The van der Waals surface area contributed by atoms with E-state index in [-0.39, 0.29) is 23.1 Å². The highest BCUT2D eigenvalue weighted by atomic mass is 32.2. The maximum Gasteiger partial charge on any atom is 0.270 e. The first kappa shape index (κ1) is 11.1. The fourth-order valence-electron chi connectivity index (χ4n) is 2.84. The lowest BCUT2D eigenvalue weighted by molar-refractivity contribution is 0.481. The van der Waals surface area contributed by atoms with Gasteiger partial charge in [-0.2, -0.15) is 0 Å². The van der Waals surface area contributed by atoms with Gasteiger partial charge in [-0.15, -0.1) is 0 Å². The maximum absolute atomic E-state index is 12.1. The summed E-state index contributed by atoms with van der Waals surface area (Å²) >= 11 is 0. The Labute approximate surface area is 99.7 Å². The first-order valence-electron chi connectivity index (χ1n) is 6.09. The van der Waals surface area contributed by atoms with Crippen molar-refractivity contribution in [1.29, 1.82) is 0 Å². The molecule has 2 aliphatic rings. The summed E-state index contributed by atoms with van der Waals surface area (Å²) in [6, 6.07) is -0.182. The lowest BCUT2D eigenvalue weighted by Gasteiger charge is -2.08. The lowest BCUT2D eigenvalue weighted by Crippen LogP contribution is -2.25. The SMILES string of the molecule is O=c1c2c([nH]n1[C@H]1CCS(=O)(=O)C1)CCCC2. The van der Waals surface area contributed by atoms with Crippen LogP contribution < -0.4 is 5.56 Å². The topological polar surface area (TPSA) is 71.9 Å². The number of nitrogens with one attached hydrogen (secondary N) is 1. The van der Waals surface area contributed by atoms with Crippen LogP contribution in [0.5, 0.6) is 0 Å². The number of hydrogen-bond donors (Lipinski definition) is 1. The summed E-state index contributed by atoms with van der Waals surface area (Å²) in [5.41, 5.74) is 1.90. The largest absolute Gasteiger partial charge is 0.299 e. The molecule has 3 rings (SSSR count). The normalized spacial score (nSPS) is 26.9. The number of fused-ring (bicyclic) bond motifs is 1. The number of aromatic amines is 1.